The summed E-state index contributed by atoms with van der Waals surface area (Å²) in [6.45, 7) is 2.30. The Balaban J connectivity index is 1.59. The van der Waals surface area contributed by atoms with Crippen LogP contribution in [0, 0.1) is 11.3 Å². The molecule has 134 valence electrons. The second-order valence-corrected chi connectivity index (χ2v) is 6.86. The number of amides is 2. The van der Waals surface area contributed by atoms with Gasteiger partial charge >= 0.3 is 6.03 Å². The number of rotatable bonds is 3. The summed E-state index contributed by atoms with van der Waals surface area (Å²) in [5.41, 5.74) is 1.50. The smallest absolute Gasteiger partial charge is 0.321 e. The number of nitriles is 1. The van der Waals surface area contributed by atoms with Crippen LogP contribution in [0.4, 0.5) is 10.5 Å². The third kappa shape index (κ3) is 4.28. The fraction of sp³-hybridized carbons (Fsp3) is 0.263. The van der Waals surface area contributed by atoms with Gasteiger partial charge < -0.3 is 10.2 Å². The Morgan fingerprint density at radius 2 is 1.69 bits per heavy atom. The van der Waals surface area contributed by atoms with Gasteiger partial charge in [0.15, 0.2) is 0 Å². The lowest BCUT2D eigenvalue weighted by Crippen LogP contribution is -2.50. The fourth-order valence-corrected chi connectivity index (χ4v) is 3.33. The van der Waals surface area contributed by atoms with Gasteiger partial charge in [0.25, 0.3) is 0 Å². The Kier molecular flexibility index (Phi) is 6.00. The van der Waals surface area contributed by atoms with E-state index in [2.05, 4.69) is 11.4 Å². The van der Waals surface area contributed by atoms with Gasteiger partial charge in [0, 0.05) is 47.5 Å². The number of carbonyl (C=O) groups excluding carboxylic acids is 1. The molecule has 26 heavy (non-hydrogen) atoms. The van der Waals surface area contributed by atoms with E-state index in [1.54, 1.807) is 35.2 Å². The highest BCUT2D eigenvalue weighted by Crippen LogP contribution is 2.28. The minimum Gasteiger partial charge on any atom is -0.322 e. The minimum absolute atomic E-state index is 0.154. The van der Waals surface area contributed by atoms with E-state index in [-0.39, 0.29) is 6.03 Å². The molecule has 1 aliphatic heterocycles. The Morgan fingerprint density at radius 1 is 1.04 bits per heavy atom. The molecule has 7 heteroatoms. The molecule has 0 spiro atoms. The molecule has 2 aromatic carbocycles. The predicted molar refractivity (Wildman–Crippen MR) is 103 cm³/mol. The summed E-state index contributed by atoms with van der Waals surface area (Å²) in [5.74, 6) is 0. The monoisotopic (exact) mass is 388 g/mol. The van der Waals surface area contributed by atoms with E-state index in [0.29, 0.717) is 41.9 Å². The minimum atomic E-state index is -0.412. The van der Waals surface area contributed by atoms with Gasteiger partial charge in [0.2, 0.25) is 0 Å². The number of hydrogen-bond acceptors (Lipinski definition) is 3. The lowest BCUT2D eigenvalue weighted by molar-refractivity contribution is 0.131. The summed E-state index contributed by atoms with van der Waals surface area (Å²) < 4.78 is 0. The maximum absolute atomic E-state index is 12.4. The van der Waals surface area contributed by atoms with E-state index in [9.17, 15) is 10.1 Å². The van der Waals surface area contributed by atoms with Crippen LogP contribution in [0.1, 0.15) is 11.6 Å². The van der Waals surface area contributed by atoms with Crippen molar-refractivity contribution in [3.05, 3.63) is 64.1 Å². The summed E-state index contributed by atoms with van der Waals surface area (Å²) in [5, 5.41) is 13.7. The first-order valence-corrected chi connectivity index (χ1v) is 9.03. The van der Waals surface area contributed by atoms with Crippen molar-refractivity contribution in [3.8, 4) is 6.07 Å². The number of piperazine rings is 1. The van der Waals surface area contributed by atoms with Gasteiger partial charge in [0.1, 0.15) is 6.04 Å². The molecular formula is C19H18Cl2N4O. The zero-order valence-corrected chi connectivity index (χ0v) is 15.5. The molecular weight excluding hydrogens is 371 g/mol. The fourth-order valence-electron chi connectivity index (χ4n) is 2.96. The van der Waals surface area contributed by atoms with Gasteiger partial charge in [-0.15, -0.1) is 0 Å². The van der Waals surface area contributed by atoms with E-state index >= 15 is 0 Å². The predicted octanol–water partition coefficient (Wildman–Crippen LogP) is 4.41. The number of nitrogens with zero attached hydrogens (tertiary/aromatic N) is 3. The van der Waals surface area contributed by atoms with Crippen molar-refractivity contribution in [2.45, 2.75) is 6.04 Å². The van der Waals surface area contributed by atoms with Gasteiger partial charge in [-0.3, -0.25) is 4.90 Å². The highest BCUT2D eigenvalue weighted by molar-refractivity contribution is 6.31. The van der Waals surface area contributed by atoms with Crippen molar-refractivity contribution in [1.82, 2.24) is 9.80 Å². The molecule has 1 saturated heterocycles. The van der Waals surface area contributed by atoms with E-state index < -0.39 is 6.04 Å². The SMILES string of the molecule is N#CC(c1ccccc1Cl)N1CCN(C(=O)Nc2ccc(Cl)cc2)CC1. The first kappa shape index (κ1) is 18.5. The van der Waals surface area contributed by atoms with Crippen LogP contribution in [0.15, 0.2) is 48.5 Å². The summed E-state index contributed by atoms with van der Waals surface area (Å²) in [6, 6.07) is 16.1. The van der Waals surface area contributed by atoms with Crippen molar-refractivity contribution in [3.63, 3.8) is 0 Å². The van der Waals surface area contributed by atoms with Gasteiger partial charge in [-0.2, -0.15) is 5.26 Å². The average molecular weight is 389 g/mol. The summed E-state index contributed by atoms with van der Waals surface area (Å²) >= 11 is 12.1. The molecule has 0 aromatic heterocycles. The van der Waals surface area contributed by atoms with Crippen LogP contribution in [0.25, 0.3) is 0 Å². The zero-order valence-electron chi connectivity index (χ0n) is 14.0. The number of anilines is 1. The quantitative estimate of drug-likeness (QED) is 0.846. The van der Waals surface area contributed by atoms with Gasteiger partial charge in [0.05, 0.1) is 6.07 Å². The number of nitrogens with one attached hydrogen (secondary N) is 1. The van der Waals surface area contributed by atoms with Crippen LogP contribution in [0.3, 0.4) is 0 Å². The van der Waals surface area contributed by atoms with E-state index in [1.807, 2.05) is 23.1 Å². The average Bonchev–Trinajstić information content (AvgIpc) is 2.66. The number of carbonyl (C=O) groups is 1. The zero-order chi connectivity index (χ0) is 18.5. The highest BCUT2D eigenvalue weighted by Gasteiger charge is 2.28. The Labute approximate surface area is 162 Å². The maximum atomic E-state index is 12.4. The van der Waals surface area contributed by atoms with Crippen LogP contribution in [-0.4, -0.2) is 42.0 Å². The Bertz CT molecular complexity index is 811. The topological polar surface area (TPSA) is 59.4 Å². The number of urea groups is 1. The molecule has 1 heterocycles. The van der Waals surface area contributed by atoms with Crippen molar-refractivity contribution < 1.29 is 4.79 Å². The van der Waals surface area contributed by atoms with Crippen molar-refractivity contribution in [2.24, 2.45) is 0 Å². The largest absolute Gasteiger partial charge is 0.322 e. The summed E-state index contributed by atoms with van der Waals surface area (Å²) in [6.07, 6.45) is 0. The van der Waals surface area contributed by atoms with Crippen LogP contribution < -0.4 is 5.32 Å². The van der Waals surface area contributed by atoms with Crippen LogP contribution >= 0.6 is 23.2 Å². The van der Waals surface area contributed by atoms with Crippen LogP contribution in [0.5, 0.6) is 0 Å². The second kappa shape index (κ2) is 8.41. The number of halogens is 2. The summed E-state index contributed by atoms with van der Waals surface area (Å²) in [7, 11) is 0. The molecule has 0 radical (unpaired) electrons. The molecule has 2 amide bonds. The Hall–Kier alpha value is -2.26. The molecule has 0 bridgehead atoms. The standard InChI is InChI=1S/C19H18Cl2N4O/c20-14-5-7-15(8-6-14)23-19(26)25-11-9-24(10-12-25)18(13-22)16-3-1-2-4-17(16)21/h1-8,18H,9-12H2,(H,23,26). The number of benzene rings is 2. The van der Waals surface area contributed by atoms with Gasteiger partial charge in [-0.05, 0) is 30.3 Å². The molecule has 0 saturated carbocycles. The molecule has 5 nitrogen and oxygen atoms in total. The first-order chi connectivity index (χ1) is 12.6. The van der Waals surface area contributed by atoms with Crippen molar-refractivity contribution in [2.75, 3.05) is 31.5 Å². The molecule has 1 N–H and O–H groups in total. The van der Waals surface area contributed by atoms with E-state index in [4.69, 9.17) is 23.2 Å². The van der Waals surface area contributed by atoms with Crippen LogP contribution in [0.2, 0.25) is 10.0 Å². The molecule has 1 unspecified atom stereocenters. The van der Waals surface area contributed by atoms with Gasteiger partial charge in [-0.25, -0.2) is 4.79 Å². The van der Waals surface area contributed by atoms with Crippen molar-refractivity contribution in [1.29, 1.82) is 5.26 Å². The highest BCUT2D eigenvalue weighted by atomic mass is 35.5. The first-order valence-electron chi connectivity index (χ1n) is 8.28. The third-order valence-corrected chi connectivity index (χ3v) is 4.98. The lowest BCUT2D eigenvalue weighted by atomic mass is 10.1. The van der Waals surface area contributed by atoms with Gasteiger partial charge in [-0.1, -0.05) is 41.4 Å². The lowest BCUT2D eigenvalue weighted by Gasteiger charge is -2.37. The van der Waals surface area contributed by atoms with Crippen LogP contribution in [-0.2, 0) is 0 Å². The van der Waals surface area contributed by atoms with Crippen molar-refractivity contribution >= 4 is 34.9 Å². The summed E-state index contributed by atoms with van der Waals surface area (Å²) in [4.78, 5) is 16.2. The third-order valence-electron chi connectivity index (χ3n) is 4.38. The normalized spacial score (nSPS) is 16.0. The molecule has 2 aromatic rings. The molecule has 0 aliphatic carbocycles. The molecule has 3 rings (SSSR count). The molecule has 1 fully saturated rings. The number of hydrogen-bond donors (Lipinski definition) is 1. The molecule has 1 aliphatic rings. The Morgan fingerprint density at radius 3 is 2.31 bits per heavy atom. The van der Waals surface area contributed by atoms with E-state index in [0.717, 1.165) is 5.56 Å². The maximum Gasteiger partial charge on any atom is 0.321 e. The molecule has 1 atom stereocenters. The van der Waals surface area contributed by atoms with E-state index in [1.165, 1.54) is 0 Å². The second-order valence-electron chi connectivity index (χ2n) is 6.01.